The highest BCUT2D eigenvalue weighted by molar-refractivity contribution is 9.10. The Balaban J connectivity index is 1.73. The summed E-state index contributed by atoms with van der Waals surface area (Å²) in [5, 5.41) is 3.04. The highest BCUT2D eigenvalue weighted by atomic mass is 79.9. The highest BCUT2D eigenvalue weighted by Gasteiger charge is 2.38. The van der Waals surface area contributed by atoms with Crippen LogP contribution in [0.25, 0.3) is 0 Å². The maximum Gasteiger partial charge on any atom is 0.240 e. The topological polar surface area (TPSA) is 68.0 Å². The first-order valence-corrected chi connectivity index (χ1v) is 8.54. The molecule has 1 aliphatic rings. The molecule has 0 bridgehead atoms. The van der Waals surface area contributed by atoms with Crippen LogP contribution in [0, 0.1) is 0 Å². The lowest BCUT2D eigenvalue weighted by Gasteiger charge is -2.34. The van der Waals surface area contributed by atoms with Gasteiger partial charge in [-0.05, 0) is 61.1 Å². The number of nitrogens with zero attached hydrogens (tertiary/aromatic N) is 1. The summed E-state index contributed by atoms with van der Waals surface area (Å²) in [5.74, 6) is -0.0950. The van der Waals surface area contributed by atoms with Crippen molar-refractivity contribution in [2.75, 3.05) is 0 Å². The third-order valence-corrected chi connectivity index (χ3v) is 4.99. The first-order valence-electron chi connectivity index (χ1n) is 7.75. The number of benzene rings is 1. The molecular weight excluding hydrogens is 354 g/mol. The van der Waals surface area contributed by atoms with Gasteiger partial charge >= 0.3 is 0 Å². The van der Waals surface area contributed by atoms with E-state index in [0.29, 0.717) is 12.8 Å². The van der Waals surface area contributed by atoms with Crippen molar-refractivity contribution >= 4 is 21.8 Å². The lowest BCUT2D eigenvalue weighted by Crippen LogP contribution is -2.57. The lowest BCUT2D eigenvalue weighted by molar-refractivity contribution is -0.127. The molecule has 2 aromatic rings. The number of aryl methyl sites for hydroxylation is 1. The molecule has 1 amide bonds. The van der Waals surface area contributed by atoms with Gasteiger partial charge in [-0.1, -0.05) is 28.1 Å². The molecular formula is C18H20BrN3O. The minimum Gasteiger partial charge on any atom is -0.348 e. The van der Waals surface area contributed by atoms with Gasteiger partial charge in [0.2, 0.25) is 5.91 Å². The maximum atomic E-state index is 12.7. The lowest BCUT2D eigenvalue weighted by atomic mass is 9.78. The normalized spacial score (nSPS) is 21.3. The standard InChI is InChI=1S/C18H20BrN3O/c1-12(15-3-2-8-21-11-15)22-17(23)18(20)7-6-13-9-16(19)5-4-14(13)10-18/h2-5,8-9,11-12H,6-7,10,20H2,1H3,(H,22,23). The minimum atomic E-state index is -0.850. The largest absolute Gasteiger partial charge is 0.348 e. The number of hydrogen-bond acceptors (Lipinski definition) is 3. The summed E-state index contributed by atoms with van der Waals surface area (Å²) in [6, 6.07) is 9.88. The van der Waals surface area contributed by atoms with Gasteiger partial charge in [0.05, 0.1) is 11.6 Å². The summed E-state index contributed by atoms with van der Waals surface area (Å²) in [5.41, 5.74) is 9.00. The predicted octanol–water partition coefficient (Wildman–Crippen LogP) is 2.91. The number of pyridine rings is 1. The summed E-state index contributed by atoms with van der Waals surface area (Å²) in [6.07, 6.45) is 5.53. The number of aromatic nitrogens is 1. The van der Waals surface area contributed by atoms with Gasteiger partial charge in [0.1, 0.15) is 0 Å². The summed E-state index contributed by atoms with van der Waals surface area (Å²) in [6.45, 7) is 1.95. The van der Waals surface area contributed by atoms with E-state index in [4.69, 9.17) is 5.73 Å². The number of nitrogens with one attached hydrogen (secondary N) is 1. The number of nitrogens with two attached hydrogens (primary N) is 1. The van der Waals surface area contributed by atoms with Gasteiger partial charge in [-0.3, -0.25) is 9.78 Å². The van der Waals surface area contributed by atoms with Crippen molar-refractivity contribution in [1.29, 1.82) is 0 Å². The summed E-state index contributed by atoms with van der Waals surface area (Å²) < 4.78 is 1.07. The van der Waals surface area contributed by atoms with E-state index in [1.165, 1.54) is 5.56 Å². The van der Waals surface area contributed by atoms with Crippen molar-refractivity contribution in [3.63, 3.8) is 0 Å². The van der Waals surface area contributed by atoms with Crippen LogP contribution >= 0.6 is 15.9 Å². The zero-order valence-corrected chi connectivity index (χ0v) is 14.6. The predicted molar refractivity (Wildman–Crippen MR) is 93.9 cm³/mol. The number of rotatable bonds is 3. The molecule has 0 radical (unpaired) electrons. The molecule has 23 heavy (non-hydrogen) atoms. The van der Waals surface area contributed by atoms with E-state index in [0.717, 1.165) is 22.0 Å². The Kier molecular flexibility index (Phi) is 4.50. The second-order valence-electron chi connectivity index (χ2n) is 6.23. The molecule has 0 saturated heterocycles. The number of carbonyl (C=O) groups is 1. The fourth-order valence-corrected chi connectivity index (χ4v) is 3.44. The third kappa shape index (κ3) is 3.46. The second kappa shape index (κ2) is 6.42. The van der Waals surface area contributed by atoms with Crippen LogP contribution in [0.5, 0.6) is 0 Å². The maximum absolute atomic E-state index is 12.7. The Hall–Kier alpha value is -1.72. The van der Waals surface area contributed by atoms with Gasteiger partial charge in [-0.25, -0.2) is 0 Å². The summed E-state index contributed by atoms with van der Waals surface area (Å²) in [4.78, 5) is 16.8. The van der Waals surface area contributed by atoms with E-state index >= 15 is 0 Å². The Labute approximate surface area is 144 Å². The van der Waals surface area contributed by atoms with Gasteiger partial charge in [-0.15, -0.1) is 0 Å². The molecule has 1 heterocycles. The van der Waals surface area contributed by atoms with Crippen molar-refractivity contribution < 1.29 is 4.79 Å². The molecule has 3 rings (SSSR count). The smallest absolute Gasteiger partial charge is 0.240 e. The Morgan fingerprint density at radius 2 is 2.22 bits per heavy atom. The Bertz CT molecular complexity index is 719. The molecule has 3 N–H and O–H groups in total. The van der Waals surface area contributed by atoms with Crippen LogP contribution in [0.4, 0.5) is 0 Å². The van der Waals surface area contributed by atoms with Crippen molar-refractivity contribution in [2.45, 2.75) is 37.8 Å². The molecule has 0 aliphatic heterocycles. The van der Waals surface area contributed by atoms with Crippen LogP contribution in [-0.4, -0.2) is 16.4 Å². The third-order valence-electron chi connectivity index (χ3n) is 4.50. The van der Waals surface area contributed by atoms with Crippen LogP contribution in [0.1, 0.15) is 36.1 Å². The molecule has 1 aromatic carbocycles. The quantitative estimate of drug-likeness (QED) is 0.868. The number of halogens is 1. The number of amides is 1. The molecule has 1 aliphatic carbocycles. The van der Waals surface area contributed by atoms with Crippen LogP contribution in [0.2, 0.25) is 0 Å². The molecule has 2 atom stereocenters. The average molecular weight is 374 g/mol. The van der Waals surface area contributed by atoms with Crippen LogP contribution < -0.4 is 11.1 Å². The molecule has 1 aromatic heterocycles. The van der Waals surface area contributed by atoms with Crippen molar-refractivity contribution in [3.8, 4) is 0 Å². The van der Waals surface area contributed by atoms with E-state index in [1.807, 2.05) is 25.1 Å². The first-order chi connectivity index (χ1) is 11.0. The fourth-order valence-electron chi connectivity index (χ4n) is 3.04. The summed E-state index contributed by atoms with van der Waals surface area (Å²) in [7, 11) is 0. The Morgan fingerprint density at radius 1 is 1.39 bits per heavy atom. The van der Waals surface area contributed by atoms with Crippen molar-refractivity contribution in [2.24, 2.45) is 5.73 Å². The zero-order valence-electron chi connectivity index (χ0n) is 13.1. The van der Waals surface area contributed by atoms with Gasteiger partial charge in [0.25, 0.3) is 0 Å². The van der Waals surface area contributed by atoms with Crippen LogP contribution in [0.3, 0.4) is 0 Å². The Morgan fingerprint density at radius 3 is 2.96 bits per heavy atom. The first kappa shape index (κ1) is 16.1. The fraction of sp³-hybridized carbons (Fsp3) is 0.333. The molecule has 0 fully saturated rings. The van der Waals surface area contributed by atoms with Gasteiger partial charge in [-0.2, -0.15) is 0 Å². The SMILES string of the molecule is CC(NC(=O)C1(N)CCc2cc(Br)ccc2C1)c1cccnc1. The van der Waals surface area contributed by atoms with Gasteiger partial charge in [0, 0.05) is 16.9 Å². The highest BCUT2D eigenvalue weighted by Crippen LogP contribution is 2.30. The van der Waals surface area contributed by atoms with Crippen molar-refractivity contribution in [3.05, 3.63) is 63.9 Å². The molecule has 0 saturated carbocycles. The molecule has 0 spiro atoms. The monoisotopic (exact) mass is 373 g/mol. The van der Waals surface area contributed by atoms with E-state index in [2.05, 4.69) is 38.4 Å². The van der Waals surface area contributed by atoms with E-state index < -0.39 is 5.54 Å². The molecule has 5 heteroatoms. The van der Waals surface area contributed by atoms with Crippen LogP contribution in [0.15, 0.2) is 47.2 Å². The number of fused-ring (bicyclic) bond motifs is 1. The average Bonchev–Trinajstić information content (AvgIpc) is 2.56. The van der Waals surface area contributed by atoms with Gasteiger partial charge in [0.15, 0.2) is 0 Å². The number of hydrogen-bond donors (Lipinski definition) is 2. The van der Waals surface area contributed by atoms with Crippen LogP contribution in [-0.2, 0) is 17.6 Å². The second-order valence-corrected chi connectivity index (χ2v) is 7.14. The molecule has 4 nitrogen and oxygen atoms in total. The van der Waals surface area contributed by atoms with E-state index in [9.17, 15) is 4.79 Å². The zero-order chi connectivity index (χ0) is 16.4. The summed E-state index contributed by atoms with van der Waals surface area (Å²) >= 11 is 3.49. The number of carbonyl (C=O) groups excluding carboxylic acids is 1. The van der Waals surface area contributed by atoms with E-state index in [-0.39, 0.29) is 11.9 Å². The van der Waals surface area contributed by atoms with Crippen molar-refractivity contribution in [1.82, 2.24) is 10.3 Å². The molecule has 120 valence electrons. The van der Waals surface area contributed by atoms with Gasteiger partial charge < -0.3 is 11.1 Å². The molecule has 2 unspecified atom stereocenters. The van der Waals surface area contributed by atoms with E-state index in [1.54, 1.807) is 12.4 Å². The minimum absolute atomic E-state index is 0.0950.